The van der Waals surface area contributed by atoms with Crippen molar-refractivity contribution in [3.63, 3.8) is 0 Å². The Morgan fingerprint density at radius 1 is 1.50 bits per heavy atom. The van der Waals surface area contributed by atoms with Crippen LogP contribution in [0.15, 0.2) is 0 Å². The van der Waals surface area contributed by atoms with Crippen molar-refractivity contribution in [2.75, 3.05) is 0 Å². The van der Waals surface area contributed by atoms with E-state index in [9.17, 15) is 4.79 Å². The molecule has 0 amide bonds. The maximum Gasteiger partial charge on any atom is 0.316 e. The molecule has 0 spiro atoms. The molecule has 0 N–H and O–H groups in total. The minimum absolute atomic E-state index is 0. The molecule has 0 radical (unpaired) electrons. The molecular formula is C4H10MgO. The molecule has 0 aromatic rings. The molecular weight excluding hydrogens is 88.3 g/mol. The summed E-state index contributed by atoms with van der Waals surface area (Å²) in [5.74, 6) is 0.204. The molecule has 0 fully saturated rings. The van der Waals surface area contributed by atoms with Crippen LogP contribution in [0, 0.1) is 5.92 Å². The second kappa shape index (κ2) is 5.44. The number of aldehydes is 1. The zero-order chi connectivity index (χ0) is 4.28. The van der Waals surface area contributed by atoms with Gasteiger partial charge in [0.1, 0.15) is 6.29 Å². The number of carbonyl (C=O) groups is 1. The van der Waals surface area contributed by atoms with Crippen LogP contribution in [0.1, 0.15) is 13.8 Å². The number of hydrogen-bond donors (Lipinski definition) is 0. The SMILES string of the molecule is CC(C)C=O.[MgH2]. The van der Waals surface area contributed by atoms with E-state index in [1.165, 1.54) is 0 Å². The molecule has 0 aromatic heterocycles. The lowest BCUT2D eigenvalue weighted by Crippen LogP contribution is -1.82. The topological polar surface area (TPSA) is 17.1 Å². The van der Waals surface area contributed by atoms with Gasteiger partial charge in [-0.2, -0.15) is 0 Å². The van der Waals surface area contributed by atoms with Crippen molar-refractivity contribution in [3.8, 4) is 0 Å². The molecule has 0 saturated carbocycles. The van der Waals surface area contributed by atoms with E-state index in [2.05, 4.69) is 0 Å². The molecule has 6 heavy (non-hydrogen) atoms. The summed E-state index contributed by atoms with van der Waals surface area (Å²) in [6, 6.07) is 0. The van der Waals surface area contributed by atoms with Crippen LogP contribution in [-0.2, 0) is 4.79 Å². The van der Waals surface area contributed by atoms with Crippen molar-refractivity contribution in [2.45, 2.75) is 13.8 Å². The van der Waals surface area contributed by atoms with Gasteiger partial charge in [0.05, 0.1) is 0 Å². The average Bonchev–Trinajstić information content (AvgIpc) is 1.38. The normalized spacial score (nSPS) is 7.17. The first-order chi connectivity index (χ1) is 2.27. The summed E-state index contributed by atoms with van der Waals surface area (Å²) in [6.07, 6.45) is 0.917. The molecule has 2 heteroatoms. The lowest BCUT2D eigenvalue weighted by atomic mass is 10.3. The third-order valence-electron chi connectivity index (χ3n) is 0.272. The Bertz CT molecular complexity index is 34.5. The summed E-state index contributed by atoms with van der Waals surface area (Å²) in [7, 11) is 0. The van der Waals surface area contributed by atoms with Gasteiger partial charge in [-0.1, -0.05) is 13.8 Å². The fourth-order valence-electron chi connectivity index (χ4n) is 0. The standard InChI is InChI=1S/C4H8O.Mg.2H/c1-4(2)3-5;;;/h3-4H,1-2H3;;;. The lowest BCUT2D eigenvalue weighted by Gasteiger charge is -1.78. The number of rotatable bonds is 1. The van der Waals surface area contributed by atoms with Gasteiger partial charge < -0.3 is 4.79 Å². The first-order valence-corrected chi connectivity index (χ1v) is 1.72. The van der Waals surface area contributed by atoms with E-state index in [-0.39, 0.29) is 29.0 Å². The van der Waals surface area contributed by atoms with Crippen LogP contribution >= 0.6 is 0 Å². The average molecular weight is 98.4 g/mol. The second-order valence-electron chi connectivity index (χ2n) is 1.38. The van der Waals surface area contributed by atoms with Crippen LogP contribution in [0.25, 0.3) is 0 Å². The van der Waals surface area contributed by atoms with Crippen LogP contribution in [0.3, 0.4) is 0 Å². The highest BCUT2D eigenvalue weighted by molar-refractivity contribution is 5.75. The predicted molar refractivity (Wildman–Crippen MR) is 29.4 cm³/mol. The van der Waals surface area contributed by atoms with Gasteiger partial charge in [0.25, 0.3) is 0 Å². The molecule has 0 aliphatic heterocycles. The third-order valence-corrected chi connectivity index (χ3v) is 0.272. The highest BCUT2D eigenvalue weighted by atomic mass is 24.3. The molecule has 0 saturated heterocycles. The Labute approximate surface area is 54.3 Å². The fourth-order valence-corrected chi connectivity index (χ4v) is 0. The van der Waals surface area contributed by atoms with Gasteiger partial charge in [-0.05, 0) is 0 Å². The smallest absolute Gasteiger partial charge is 0.303 e. The minimum atomic E-state index is 0. The van der Waals surface area contributed by atoms with Gasteiger partial charge in [-0.25, -0.2) is 0 Å². The van der Waals surface area contributed by atoms with Crippen molar-refractivity contribution in [1.82, 2.24) is 0 Å². The van der Waals surface area contributed by atoms with E-state index >= 15 is 0 Å². The molecule has 34 valence electrons. The first kappa shape index (κ1) is 9.66. The van der Waals surface area contributed by atoms with Crippen molar-refractivity contribution in [2.24, 2.45) is 5.92 Å². The Morgan fingerprint density at radius 3 is 1.67 bits per heavy atom. The van der Waals surface area contributed by atoms with Gasteiger partial charge in [-0.15, -0.1) is 0 Å². The van der Waals surface area contributed by atoms with Gasteiger partial charge >= 0.3 is 23.1 Å². The highest BCUT2D eigenvalue weighted by Crippen LogP contribution is 1.78. The quantitative estimate of drug-likeness (QED) is 0.331. The summed E-state index contributed by atoms with van der Waals surface area (Å²) in [5.41, 5.74) is 0. The predicted octanol–water partition coefficient (Wildman–Crippen LogP) is -0.0749. The largest absolute Gasteiger partial charge is 0.316 e. The molecule has 0 bridgehead atoms. The van der Waals surface area contributed by atoms with Crippen LogP contribution in [0.4, 0.5) is 0 Å². The third kappa shape index (κ3) is 8.83. The highest BCUT2D eigenvalue weighted by Gasteiger charge is 1.79. The summed E-state index contributed by atoms with van der Waals surface area (Å²) in [6.45, 7) is 3.71. The molecule has 0 heterocycles. The monoisotopic (exact) mass is 98.1 g/mol. The van der Waals surface area contributed by atoms with Crippen molar-refractivity contribution >= 4 is 29.3 Å². The van der Waals surface area contributed by atoms with Crippen LogP contribution in [-0.4, -0.2) is 29.3 Å². The van der Waals surface area contributed by atoms with E-state index in [1.807, 2.05) is 13.8 Å². The van der Waals surface area contributed by atoms with Crippen LogP contribution in [0.5, 0.6) is 0 Å². The van der Waals surface area contributed by atoms with Crippen molar-refractivity contribution in [1.29, 1.82) is 0 Å². The first-order valence-electron chi connectivity index (χ1n) is 1.72. The maximum absolute atomic E-state index is 9.50. The van der Waals surface area contributed by atoms with E-state index in [0.717, 1.165) is 6.29 Å². The van der Waals surface area contributed by atoms with Gasteiger partial charge in [0.2, 0.25) is 0 Å². The summed E-state index contributed by atoms with van der Waals surface area (Å²) >= 11 is 0. The molecule has 0 atom stereocenters. The van der Waals surface area contributed by atoms with Crippen molar-refractivity contribution in [3.05, 3.63) is 0 Å². The Balaban J connectivity index is 0. The summed E-state index contributed by atoms with van der Waals surface area (Å²) < 4.78 is 0. The van der Waals surface area contributed by atoms with E-state index in [1.54, 1.807) is 0 Å². The molecule has 0 unspecified atom stereocenters. The molecule has 0 aliphatic rings. The minimum Gasteiger partial charge on any atom is -0.303 e. The number of hydrogen-bond acceptors (Lipinski definition) is 1. The van der Waals surface area contributed by atoms with Gasteiger partial charge in [-0.3, -0.25) is 0 Å². The van der Waals surface area contributed by atoms with E-state index < -0.39 is 0 Å². The van der Waals surface area contributed by atoms with Crippen LogP contribution < -0.4 is 0 Å². The summed E-state index contributed by atoms with van der Waals surface area (Å²) in [4.78, 5) is 9.50. The zero-order valence-corrected chi connectivity index (χ0v) is 3.56. The zero-order valence-electron chi connectivity index (χ0n) is 3.56. The maximum atomic E-state index is 9.50. The van der Waals surface area contributed by atoms with E-state index in [0.29, 0.717) is 0 Å². The van der Waals surface area contributed by atoms with E-state index in [4.69, 9.17) is 0 Å². The summed E-state index contributed by atoms with van der Waals surface area (Å²) in [5, 5.41) is 0. The number of carbonyl (C=O) groups excluding carboxylic acids is 1. The molecule has 0 aromatic carbocycles. The van der Waals surface area contributed by atoms with Crippen LogP contribution in [0.2, 0.25) is 0 Å². The van der Waals surface area contributed by atoms with Gasteiger partial charge in [0.15, 0.2) is 0 Å². The lowest BCUT2D eigenvalue weighted by molar-refractivity contribution is -0.110. The Hall–Kier alpha value is 0.436. The molecule has 0 rings (SSSR count). The second-order valence-corrected chi connectivity index (χ2v) is 1.38. The molecule has 0 aliphatic carbocycles. The van der Waals surface area contributed by atoms with Crippen molar-refractivity contribution < 1.29 is 4.79 Å². The Kier molecular flexibility index (Phi) is 8.76. The molecule has 1 nitrogen and oxygen atoms in total. The Morgan fingerprint density at radius 2 is 1.67 bits per heavy atom. The fraction of sp³-hybridized carbons (Fsp3) is 0.750. The van der Waals surface area contributed by atoms with Gasteiger partial charge in [0, 0.05) is 5.92 Å².